The van der Waals surface area contributed by atoms with Crippen LogP contribution in [0.15, 0.2) is 36.4 Å². The smallest absolute Gasteiger partial charge is 0.338 e. The van der Waals surface area contributed by atoms with Crippen molar-refractivity contribution < 1.29 is 19.4 Å². The Morgan fingerprint density at radius 1 is 1.26 bits per heavy atom. The number of alkyl halides is 1. The van der Waals surface area contributed by atoms with Gasteiger partial charge >= 0.3 is 11.9 Å². The first-order valence-electron chi connectivity index (χ1n) is 5.77. The number of carboxylic acids is 1. The lowest BCUT2D eigenvalue weighted by Crippen LogP contribution is -2.07. The number of ether oxygens (including phenoxy) is 1. The molecule has 0 fully saturated rings. The van der Waals surface area contributed by atoms with Gasteiger partial charge in [0, 0.05) is 10.0 Å². The number of hydrogen-bond acceptors (Lipinski definition) is 3. The first-order valence-corrected chi connectivity index (χ1v) is 7.30. The summed E-state index contributed by atoms with van der Waals surface area (Å²) in [5, 5.41) is 8.61. The maximum absolute atomic E-state index is 11.7. The summed E-state index contributed by atoms with van der Waals surface area (Å²) >= 11 is 2.25. The number of carboxylic acid groups (broad SMARTS) is 1. The van der Waals surface area contributed by atoms with Crippen LogP contribution >= 0.6 is 22.6 Å². The Morgan fingerprint density at radius 3 is 2.42 bits per heavy atom. The highest BCUT2D eigenvalue weighted by Crippen LogP contribution is 2.10. The average Bonchev–Trinajstić information content (AvgIpc) is 2.43. The molecule has 102 valence electrons. The molecule has 1 aromatic carbocycles. The van der Waals surface area contributed by atoms with Crippen LogP contribution in [0.25, 0.3) is 0 Å². The molecular weight excluding hydrogens is 359 g/mol. The second-order valence-corrected chi connectivity index (χ2v) is 4.74. The minimum Gasteiger partial charge on any atom is -0.478 e. The van der Waals surface area contributed by atoms with Crippen molar-refractivity contribution in [3.05, 3.63) is 47.5 Å². The van der Waals surface area contributed by atoms with Crippen molar-refractivity contribution in [2.75, 3.05) is 6.61 Å². The van der Waals surface area contributed by atoms with Crippen molar-refractivity contribution >= 4 is 34.5 Å². The summed E-state index contributed by atoms with van der Waals surface area (Å²) in [5.74, 6) is -1.40. The molecule has 0 saturated heterocycles. The summed E-state index contributed by atoms with van der Waals surface area (Å²) in [4.78, 5) is 22.2. The zero-order chi connectivity index (χ0) is 14.3. The number of aliphatic carboxylic acids is 1. The highest BCUT2D eigenvalue weighted by Gasteiger charge is 2.08. The lowest BCUT2D eigenvalue weighted by atomic mass is 10.1. The second-order valence-electron chi connectivity index (χ2n) is 3.98. The van der Waals surface area contributed by atoms with Crippen LogP contribution < -0.4 is 0 Å². The fourth-order valence-electron chi connectivity index (χ4n) is 1.37. The normalized spacial score (nSPS) is 9.95. The van der Waals surface area contributed by atoms with Gasteiger partial charge in [-0.15, -0.1) is 0 Å². The van der Waals surface area contributed by atoms with Crippen LogP contribution in [-0.2, 0) is 14.0 Å². The van der Waals surface area contributed by atoms with Gasteiger partial charge in [-0.25, -0.2) is 9.59 Å². The molecule has 1 rings (SSSR count). The molecule has 0 heterocycles. The molecule has 0 aliphatic rings. The summed E-state index contributed by atoms with van der Waals surface area (Å²) in [5.41, 5.74) is 1.78. The third-order valence-corrected chi connectivity index (χ3v) is 3.38. The van der Waals surface area contributed by atoms with E-state index in [4.69, 9.17) is 9.84 Å². The highest BCUT2D eigenvalue weighted by molar-refractivity contribution is 14.1. The van der Waals surface area contributed by atoms with Crippen molar-refractivity contribution in [1.82, 2.24) is 0 Å². The Bertz CT molecular complexity index is 465. The number of esters is 1. The summed E-state index contributed by atoms with van der Waals surface area (Å²) in [6.07, 6.45) is 0.777. The third-order valence-electron chi connectivity index (χ3n) is 2.50. The van der Waals surface area contributed by atoms with E-state index in [2.05, 4.69) is 29.2 Å². The quantitative estimate of drug-likeness (QED) is 0.262. The maximum atomic E-state index is 11.7. The van der Waals surface area contributed by atoms with Gasteiger partial charge < -0.3 is 9.84 Å². The molecule has 0 unspecified atom stereocenters. The van der Waals surface area contributed by atoms with E-state index < -0.39 is 5.97 Å². The fourth-order valence-corrected chi connectivity index (χ4v) is 1.88. The summed E-state index contributed by atoms with van der Waals surface area (Å²) in [6.45, 7) is 3.60. The van der Waals surface area contributed by atoms with Gasteiger partial charge in [-0.05, 0) is 30.5 Å². The van der Waals surface area contributed by atoms with Crippen LogP contribution in [0.3, 0.4) is 0 Å². The Labute approximate surface area is 125 Å². The van der Waals surface area contributed by atoms with Gasteiger partial charge in [-0.3, -0.25) is 0 Å². The van der Waals surface area contributed by atoms with Crippen LogP contribution in [0.1, 0.15) is 28.8 Å². The first kappa shape index (κ1) is 15.7. The molecular formula is C14H15IO4. The largest absolute Gasteiger partial charge is 0.478 e. The lowest BCUT2D eigenvalue weighted by molar-refractivity contribution is -0.132. The topological polar surface area (TPSA) is 63.6 Å². The minimum atomic E-state index is -1.01. The predicted octanol–water partition coefficient (Wildman–Crippen LogP) is 3.20. The number of halogens is 1. The highest BCUT2D eigenvalue weighted by atomic mass is 127. The second kappa shape index (κ2) is 7.93. The van der Waals surface area contributed by atoms with Gasteiger partial charge in [-0.2, -0.15) is 0 Å². The van der Waals surface area contributed by atoms with E-state index in [0.29, 0.717) is 18.4 Å². The van der Waals surface area contributed by atoms with Crippen LogP contribution in [0.5, 0.6) is 0 Å². The molecule has 0 bridgehead atoms. The van der Waals surface area contributed by atoms with Gasteiger partial charge in [0.25, 0.3) is 0 Å². The summed E-state index contributed by atoms with van der Waals surface area (Å²) < 4.78 is 5.95. The molecule has 0 aromatic heterocycles. The molecule has 0 amide bonds. The molecule has 0 radical (unpaired) electrons. The predicted molar refractivity (Wildman–Crippen MR) is 80.5 cm³/mol. The van der Waals surface area contributed by atoms with Crippen LogP contribution in [0, 0.1) is 0 Å². The molecule has 0 aliphatic heterocycles. The Morgan fingerprint density at radius 2 is 1.89 bits per heavy atom. The molecule has 0 saturated carbocycles. The fraction of sp³-hybridized carbons (Fsp3) is 0.286. The molecule has 0 atom stereocenters. The van der Waals surface area contributed by atoms with E-state index in [-0.39, 0.29) is 18.1 Å². The molecule has 1 N–H and O–H groups in total. The number of benzene rings is 1. The van der Waals surface area contributed by atoms with Gasteiger partial charge in [0.1, 0.15) is 0 Å². The van der Waals surface area contributed by atoms with Gasteiger partial charge in [0.2, 0.25) is 0 Å². The van der Waals surface area contributed by atoms with Crippen molar-refractivity contribution in [2.45, 2.75) is 17.3 Å². The molecule has 0 aliphatic carbocycles. The van der Waals surface area contributed by atoms with Gasteiger partial charge in [-0.1, -0.05) is 41.3 Å². The Kier molecular flexibility index (Phi) is 6.55. The van der Waals surface area contributed by atoms with Crippen molar-refractivity contribution in [2.24, 2.45) is 0 Å². The average molecular weight is 374 g/mol. The van der Waals surface area contributed by atoms with Gasteiger partial charge in [0.15, 0.2) is 0 Å². The zero-order valence-corrected chi connectivity index (χ0v) is 12.6. The van der Waals surface area contributed by atoms with Crippen LogP contribution in [0.2, 0.25) is 0 Å². The van der Waals surface area contributed by atoms with Gasteiger partial charge in [0.05, 0.1) is 12.2 Å². The van der Waals surface area contributed by atoms with E-state index >= 15 is 0 Å². The van der Waals surface area contributed by atoms with Crippen LogP contribution in [-0.4, -0.2) is 23.7 Å². The van der Waals surface area contributed by atoms with Crippen molar-refractivity contribution in [1.29, 1.82) is 0 Å². The SMILES string of the molecule is C=C(CCCOC(=O)c1ccc(CI)cc1)C(=O)O. The number of carbonyl (C=O) groups excluding carboxylic acids is 1. The zero-order valence-electron chi connectivity index (χ0n) is 10.4. The molecule has 0 spiro atoms. The monoisotopic (exact) mass is 374 g/mol. The number of rotatable bonds is 7. The Hall–Kier alpha value is -1.37. The van der Waals surface area contributed by atoms with Crippen LogP contribution in [0.4, 0.5) is 0 Å². The van der Waals surface area contributed by atoms with Crippen molar-refractivity contribution in [3.8, 4) is 0 Å². The molecule has 1 aromatic rings. The third kappa shape index (κ3) is 5.42. The molecule has 4 nitrogen and oxygen atoms in total. The molecule has 5 heteroatoms. The van der Waals surface area contributed by atoms with E-state index in [1.54, 1.807) is 12.1 Å². The van der Waals surface area contributed by atoms with E-state index in [1.807, 2.05) is 12.1 Å². The standard InChI is InChI=1S/C14H15IO4/c1-10(13(16)17)3-2-8-19-14(18)12-6-4-11(9-15)5-7-12/h4-7H,1-3,8-9H2,(H,16,17). The van der Waals surface area contributed by atoms with E-state index in [1.165, 1.54) is 0 Å². The van der Waals surface area contributed by atoms with E-state index in [9.17, 15) is 9.59 Å². The Balaban J connectivity index is 2.34. The maximum Gasteiger partial charge on any atom is 0.338 e. The van der Waals surface area contributed by atoms with E-state index in [0.717, 1.165) is 9.99 Å². The minimum absolute atomic E-state index is 0.127. The summed E-state index contributed by atoms with van der Waals surface area (Å²) in [6, 6.07) is 7.23. The summed E-state index contributed by atoms with van der Waals surface area (Å²) in [7, 11) is 0. The number of hydrogen-bond donors (Lipinski definition) is 1. The lowest BCUT2D eigenvalue weighted by Gasteiger charge is -2.05. The number of carbonyl (C=O) groups is 2. The van der Waals surface area contributed by atoms with Crippen molar-refractivity contribution in [3.63, 3.8) is 0 Å². The molecule has 19 heavy (non-hydrogen) atoms. The first-order chi connectivity index (χ1) is 9.04.